The Bertz CT molecular complexity index is 327. The molecule has 1 amide bonds. The van der Waals surface area contributed by atoms with Crippen LogP contribution in [0.15, 0.2) is 5.11 Å². The molecule has 20 heavy (non-hydrogen) atoms. The molecule has 0 atom stereocenters. The molecule has 0 aromatic rings. The van der Waals surface area contributed by atoms with E-state index in [2.05, 4.69) is 14.9 Å². The van der Waals surface area contributed by atoms with Crippen molar-refractivity contribution >= 4 is 6.09 Å². The summed E-state index contributed by atoms with van der Waals surface area (Å²) in [6, 6.07) is 0. The van der Waals surface area contributed by atoms with E-state index in [1.807, 2.05) is 0 Å². The van der Waals surface area contributed by atoms with Crippen LogP contribution in [0, 0.1) is 5.53 Å². The molecule has 0 spiro atoms. The first-order chi connectivity index (χ1) is 9.74. The Balaban J connectivity index is 1.90. The van der Waals surface area contributed by atoms with Crippen molar-refractivity contribution < 1.29 is 19.4 Å². The predicted octanol–water partition coefficient (Wildman–Crippen LogP) is -0.134. The fourth-order valence-corrected chi connectivity index (χ4v) is 1.83. The van der Waals surface area contributed by atoms with Gasteiger partial charge in [-0.25, -0.2) is 4.79 Å². The highest BCUT2D eigenvalue weighted by Gasteiger charge is 2.19. The molecule has 0 radical (unpaired) electrons. The molecule has 9 nitrogen and oxygen atoms in total. The molecular weight excluding hydrogens is 266 g/mol. The third kappa shape index (κ3) is 7.15. The smallest absolute Gasteiger partial charge is 0.407 e. The quantitative estimate of drug-likeness (QED) is 0.348. The lowest BCUT2D eigenvalue weighted by molar-refractivity contribution is 0.0339. The number of nitrogens with one attached hydrogen (secondary N) is 1. The fraction of sp³-hybridized carbons (Fsp3) is 0.909. The van der Waals surface area contributed by atoms with Crippen LogP contribution in [0.4, 0.5) is 4.79 Å². The molecule has 1 heterocycles. The second-order valence-electron chi connectivity index (χ2n) is 4.30. The van der Waals surface area contributed by atoms with Gasteiger partial charge in [0.1, 0.15) is 17.2 Å². The van der Waals surface area contributed by atoms with Crippen LogP contribution in [0.2, 0.25) is 0 Å². The average molecular weight is 288 g/mol. The first kappa shape index (κ1) is 16.5. The first-order valence-electron chi connectivity index (χ1n) is 6.63. The summed E-state index contributed by atoms with van der Waals surface area (Å²) in [7, 11) is 0. The van der Waals surface area contributed by atoms with Crippen LogP contribution in [0.25, 0.3) is 0 Å². The van der Waals surface area contributed by atoms with E-state index >= 15 is 0 Å². The van der Waals surface area contributed by atoms with Gasteiger partial charge in [-0.1, -0.05) is 0 Å². The van der Waals surface area contributed by atoms with Gasteiger partial charge in [0, 0.05) is 32.7 Å². The molecule has 0 aromatic heterocycles. The van der Waals surface area contributed by atoms with Crippen molar-refractivity contribution in [1.82, 2.24) is 14.7 Å². The van der Waals surface area contributed by atoms with Crippen molar-refractivity contribution in [3.63, 3.8) is 0 Å². The Morgan fingerprint density at radius 3 is 2.40 bits per heavy atom. The Hall–Kier alpha value is -1.54. The van der Waals surface area contributed by atoms with E-state index in [0.29, 0.717) is 46.1 Å². The SMILES string of the molecule is N=[N+]=NCCOCCOCCN1CCN(C(=O)O)CC1. The van der Waals surface area contributed by atoms with E-state index in [4.69, 9.17) is 20.1 Å². The molecule has 114 valence electrons. The largest absolute Gasteiger partial charge is 0.465 e. The number of hydrogen-bond acceptors (Lipinski definition) is 6. The van der Waals surface area contributed by atoms with Gasteiger partial charge < -0.3 is 19.5 Å². The summed E-state index contributed by atoms with van der Waals surface area (Å²) in [5, 5.41) is 12.3. The number of ether oxygens (including phenoxy) is 2. The summed E-state index contributed by atoms with van der Waals surface area (Å²) < 4.78 is 10.7. The van der Waals surface area contributed by atoms with Crippen LogP contribution in [0.3, 0.4) is 0 Å². The van der Waals surface area contributed by atoms with Gasteiger partial charge in [0.15, 0.2) is 0 Å². The maximum absolute atomic E-state index is 10.7. The molecule has 2 N–H and O–H groups in total. The summed E-state index contributed by atoms with van der Waals surface area (Å²) in [6.45, 7) is 5.91. The maximum atomic E-state index is 10.7. The van der Waals surface area contributed by atoms with Gasteiger partial charge in [-0.05, 0) is 0 Å². The highest BCUT2D eigenvalue weighted by molar-refractivity contribution is 5.65. The Morgan fingerprint density at radius 1 is 1.15 bits per heavy atom. The minimum Gasteiger partial charge on any atom is -0.465 e. The molecule has 0 aliphatic carbocycles. The molecule has 1 saturated heterocycles. The Morgan fingerprint density at radius 2 is 1.80 bits per heavy atom. The fourth-order valence-electron chi connectivity index (χ4n) is 1.83. The lowest BCUT2D eigenvalue weighted by atomic mass is 10.3. The zero-order valence-corrected chi connectivity index (χ0v) is 11.5. The number of amides is 1. The minimum absolute atomic E-state index is 0.400. The second-order valence-corrected chi connectivity index (χ2v) is 4.30. The van der Waals surface area contributed by atoms with E-state index in [0.717, 1.165) is 19.6 Å². The van der Waals surface area contributed by atoms with Gasteiger partial charge in [0.25, 0.3) is 0 Å². The van der Waals surface area contributed by atoms with Crippen molar-refractivity contribution in [3.05, 3.63) is 0 Å². The molecule has 0 bridgehead atoms. The molecule has 0 aromatic carbocycles. The van der Waals surface area contributed by atoms with Gasteiger partial charge in [-0.15, -0.1) is 0 Å². The van der Waals surface area contributed by atoms with Crippen molar-refractivity contribution in [2.45, 2.75) is 0 Å². The molecule has 1 fully saturated rings. The van der Waals surface area contributed by atoms with Crippen LogP contribution < -0.4 is 4.91 Å². The number of nitrogens with zero attached hydrogens (tertiary/aromatic N) is 4. The third-order valence-corrected chi connectivity index (χ3v) is 2.97. The van der Waals surface area contributed by atoms with E-state index in [-0.39, 0.29) is 0 Å². The van der Waals surface area contributed by atoms with Gasteiger partial charge >= 0.3 is 6.09 Å². The summed E-state index contributed by atoms with van der Waals surface area (Å²) in [5.74, 6) is 0. The van der Waals surface area contributed by atoms with E-state index in [9.17, 15) is 4.79 Å². The Kier molecular flexibility index (Phi) is 8.48. The number of rotatable bonds is 9. The summed E-state index contributed by atoms with van der Waals surface area (Å²) in [5.41, 5.74) is 6.45. The minimum atomic E-state index is -0.844. The zero-order valence-electron chi connectivity index (χ0n) is 11.5. The standard InChI is InChI=1S/C11H21N5O4/c12-14-13-1-7-19-9-10-20-8-6-15-2-4-16(5-3-15)11(17)18/h12H,1-10H2/p+1. The molecule has 1 rings (SSSR count). The van der Waals surface area contributed by atoms with Crippen LogP contribution in [0.5, 0.6) is 0 Å². The van der Waals surface area contributed by atoms with Crippen molar-refractivity contribution in [2.75, 3.05) is 65.7 Å². The van der Waals surface area contributed by atoms with Crippen LogP contribution in [0.1, 0.15) is 0 Å². The number of hydrogen-bond donors (Lipinski definition) is 2. The van der Waals surface area contributed by atoms with E-state index < -0.39 is 6.09 Å². The van der Waals surface area contributed by atoms with Gasteiger partial charge in [0.2, 0.25) is 4.91 Å². The summed E-state index contributed by atoms with van der Waals surface area (Å²) in [4.78, 5) is 17.2. The lowest BCUT2D eigenvalue weighted by Gasteiger charge is -2.32. The number of piperazine rings is 1. The molecular formula is C11H22N5O4+. The Labute approximate surface area is 117 Å². The van der Waals surface area contributed by atoms with Crippen molar-refractivity contribution in [1.29, 1.82) is 5.53 Å². The molecule has 1 aliphatic heterocycles. The highest BCUT2D eigenvalue weighted by Crippen LogP contribution is 2.01. The maximum Gasteiger partial charge on any atom is 0.407 e. The van der Waals surface area contributed by atoms with E-state index in [1.54, 1.807) is 0 Å². The molecule has 0 saturated carbocycles. The monoisotopic (exact) mass is 288 g/mol. The lowest BCUT2D eigenvalue weighted by Crippen LogP contribution is -2.49. The number of carboxylic acid groups (broad SMARTS) is 1. The van der Waals surface area contributed by atoms with Gasteiger partial charge in [-0.2, -0.15) is 0 Å². The normalized spacial score (nSPS) is 15.9. The third-order valence-electron chi connectivity index (χ3n) is 2.97. The zero-order chi connectivity index (χ0) is 14.6. The van der Waals surface area contributed by atoms with Gasteiger partial charge in [0.05, 0.1) is 26.4 Å². The summed E-state index contributed by atoms with van der Waals surface area (Å²) in [6.07, 6.45) is -0.844. The van der Waals surface area contributed by atoms with E-state index in [1.165, 1.54) is 4.90 Å². The predicted molar refractivity (Wildman–Crippen MR) is 69.8 cm³/mol. The van der Waals surface area contributed by atoms with Gasteiger partial charge in [-0.3, -0.25) is 4.90 Å². The first-order valence-corrected chi connectivity index (χ1v) is 6.63. The van der Waals surface area contributed by atoms with Crippen LogP contribution in [-0.2, 0) is 9.47 Å². The highest BCUT2D eigenvalue weighted by atomic mass is 16.5. The molecule has 9 heteroatoms. The van der Waals surface area contributed by atoms with Crippen LogP contribution in [-0.4, -0.2) is 86.7 Å². The van der Waals surface area contributed by atoms with Crippen LogP contribution >= 0.6 is 0 Å². The van der Waals surface area contributed by atoms with Crippen molar-refractivity contribution in [3.8, 4) is 0 Å². The molecule has 0 unspecified atom stereocenters. The molecule has 1 aliphatic rings. The second kappa shape index (κ2) is 10.3. The number of carbonyl (C=O) groups is 1. The average Bonchev–Trinajstić information content (AvgIpc) is 2.46. The topological polar surface area (TPSA) is 113 Å². The van der Waals surface area contributed by atoms with Crippen molar-refractivity contribution in [2.24, 2.45) is 5.11 Å². The summed E-state index contributed by atoms with van der Waals surface area (Å²) >= 11 is 0.